The quantitative estimate of drug-likeness (QED) is 0.875. The van der Waals surface area contributed by atoms with Crippen molar-refractivity contribution in [3.8, 4) is 0 Å². The molecule has 18 heavy (non-hydrogen) atoms. The normalized spacial score (nSPS) is 12.3. The molecule has 0 saturated heterocycles. The third-order valence-corrected chi connectivity index (χ3v) is 2.84. The van der Waals surface area contributed by atoms with Gasteiger partial charge >= 0.3 is 0 Å². The molecule has 5 heteroatoms. The van der Waals surface area contributed by atoms with Crippen molar-refractivity contribution in [1.82, 2.24) is 10.2 Å². The van der Waals surface area contributed by atoms with E-state index >= 15 is 0 Å². The van der Waals surface area contributed by atoms with Crippen LogP contribution in [0, 0.1) is 11.6 Å². The van der Waals surface area contributed by atoms with Crippen LogP contribution in [0.25, 0.3) is 0 Å². The maximum atomic E-state index is 13.0. The number of hydrogen-bond acceptors (Lipinski definition) is 2. The zero-order valence-electron chi connectivity index (χ0n) is 10.8. The number of carbonyl (C=O) groups is 1. The number of rotatable bonds is 5. The van der Waals surface area contributed by atoms with Crippen LogP contribution < -0.4 is 5.32 Å². The van der Waals surface area contributed by atoms with E-state index in [1.807, 2.05) is 6.92 Å². The summed E-state index contributed by atoms with van der Waals surface area (Å²) in [6.45, 7) is 4.41. The van der Waals surface area contributed by atoms with Crippen molar-refractivity contribution in [3.05, 3.63) is 35.4 Å². The molecule has 1 aromatic rings. The predicted molar refractivity (Wildman–Crippen MR) is 66.1 cm³/mol. The zero-order valence-corrected chi connectivity index (χ0v) is 10.8. The van der Waals surface area contributed by atoms with Gasteiger partial charge in [-0.05, 0) is 31.5 Å². The summed E-state index contributed by atoms with van der Waals surface area (Å²) in [6, 6.07) is 3.06. The Kier molecular flexibility index (Phi) is 5.22. The van der Waals surface area contributed by atoms with Crippen LogP contribution in [0.2, 0.25) is 0 Å². The number of nitrogens with zero attached hydrogens (tertiary/aromatic N) is 1. The first-order valence-corrected chi connectivity index (χ1v) is 5.87. The van der Waals surface area contributed by atoms with Crippen molar-refractivity contribution >= 4 is 5.91 Å². The van der Waals surface area contributed by atoms with E-state index in [1.165, 1.54) is 12.1 Å². The summed E-state index contributed by atoms with van der Waals surface area (Å²) < 4.78 is 26.1. The number of hydrogen-bond donors (Lipinski definition) is 1. The fourth-order valence-corrected chi connectivity index (χ4v) is 1.49. The number of amides is 1. The monoisotopic (exact) mass is 256 g/mol. The second-order valence-electron chi connectivity index (χ2n) is 4.21. The van der Waals surface area contributed by atoms with E-state index in [-0.39, 0.29) is 18.5 Å². The summed E-state index contributed by atoms with van der Waals surface area (Å²) >= 11 is 0. The Morgan fingerprint density at radius 3 is 2.39 bits per heavy atom. The molecular weight excluding hydrogens is 238 g/mol. The molecule has 0 aliphatic carbocycles. The molecule has 1 rings (SSSR count). The third-order valence-electron chi connectivity index (χ3n) is 2.84. The second-order valence-corrected chi connectivity index (χ2v) is 4.21. The highest BCUT2D eigenvalue weighted by atomic mass is 19.1. The highest BCUT2D eigenvalue weighted by Gasteiger charge is 2.11. The standard InChI is InChI=1S/C13H18F2N2O/c1-4-17(3)13(18)8-16-9(2)10-5-11(14)7-12(15)6-10/h5-7,9,16H,4,8H2,1-3H3. The van der Waals surface area contributed by atoms with Gasteiger partial charge in [-0.1, -0.05) is 0 Å². The molecule has 1 aromatic carbocycles. The Morgan fingerprint density at radius 2 is 1.89 bits per heavy atom. The number of halogens is 2. The summed E-state index contributed by atoms with van der Waals surface area (Å²) in [5.74, 6) is -1.28. The van der Waals surface area contributed by atoms with Crippen LogP contribution in [0.4, 0.5) is 8.78 Å². The van der Waals surface area contributed by atoms with Crippen LogP contribution in [-0.4, -0.2) is 30.9 Å². The average molecular weight is 256 g/mol. The van der Waals surface area contributed by atoms with Crippen LogP contribution >= 0.6 is 0 Å². The highest BCUT2D eigenvalue weighted by Crippen LogP contribution is 2.15. The van der Waals surface area contributed by atoms with Crippen LogP contribution in [0.3, 0.4) is 0 Å². The molecule has 0 fully saturated rings. The lowest BCUT2D eigenvalue weighted by molar-refractivity contribution is -0.128. The van der Waals surface area contributed by atoms with Gasteiger partial charge in [-0.25, -0.2) is 8.78 Å². The van der Waals surface area contributed by atoms with Crippen LogP contribution in [-0.2, 0) is 4.79 Å². The molecule has 0 aliphatic heterocycles. The van der Waals surface area contributed by atoms with Gasteiger partial charge in [-0.3, -0.25) is 4.79 Å². The molecular formula is C13H18F2N2O. The molecule has 1 unspecified atom stereocenters. The lowest BCUT2D eigenvalue weighted by Crippen LogP contribution is -2.36. The molecule has 0 bridgehead atoms. The molecule has 0 aromatic heterocycles. The maximum absolute atomic E-state index is 13.0. The van der Waals surface area contributed by atoms with E-state index in [0.717, 1.165) is 6.07 Å². The van der Waals surface area contributed by atoms with E-state index in [1.54, 1.807) is 18.9 Å². The molecule has 3 nitrogen and oxygen atoms in total. The number of benzene rings is 1. The lowest BCUT2D eigenvalue weighted by atomic mass is 10.1. The fraction of sp³-hybridized carbons (Fsp3) is 0.462. The first-order chi connectivity index (χ1) is 8.43. The van der Waals surface area contributed by atoms with Crippen molar-refractivity contribution in [2.45, 2.75) is 19.9 Å². The molecule has 0 spiro atoms. The second kappa shape index (κ2) is 6.44. The summed E-state index contributed by atoms with van der Waals surface area (Å²) in [5.41, 5.74) is 0.486. The molecule has 1 amide bonds. The largest absolute Gasteiger partial charge is 0.345 e. The zero-order chi connectivity index (χ0) is 13.7. The van der Waals surface area contributed by atoms with Gasteiger partial charge < -0.3 is 10.2 Å². The third kappa shape index (κ3) is 4.07. The highest BCUT2D eigenvalue weighted by molar-refractivity contribution is 5.77. The summed E-state index contributed by atoms with van der Waals surface area (Å²) in [5, 5.41) is 2.94. The SMILES string of the molecule is CCN(C)C(=O)CNC(C)c1cc(F)cc(F)c1. The minimum Gasteiger partial charge on any atom is -0.345 e. The van der Waals surface area contributed by atoms with Crippen LogP contribution in [0.1, 0.15) is 25.5 Å². The Labute approximate surface area is 106 Å². The number of likely N-dealkylation sites (N-methyl/N-ethyl adjacent to an activating group) is 1. The Morgan fingerprint density at radius 1 is 1.33 bits per heavy atom. The van der Waals surface area contributed by atoms with E-state index in [4.69, 9.17) is 0 Å². The topological polar surface area (TPSA) is 32.3 Å². The molecule has 0 heterocycles. The van der Waals surface area contributed by atoms with E-state index in [0.29, 0.717) is 12.1 Å². The number of nitrogens with one attached hydrogen (secondary N) is 1. The minimum absolute atomic E-state index is 0.0544. The first kappa shape index (κ1) is 14.6. The van der Waals surface area contributed by atoms with Crippen molar-refractivity contribution in [2.24, 2.45) is 0 Å². The smallest absolute Gasteiger partial charge is 0.236 e. The summed E-state index contributed by atoms with van der Waals surface area (Å²) in [4.78, 5) is 13.1. The Hall–Kier alpha value is -1.49. The van der Waals surface area contributed by atoms with E-state index in [2.05, 4.69) is 5.32 Å². The van der Waals surface area contributed by atoms with Crippen molar-refractivity contribution < 1.29 is 13.6 Å². The van der Waals surface area contributed by atoms with Gasteiger partial charge in [0, 0.05) is 25.7 Å². The van der Waals surface area contributed by atoms with Gasteiger partial charge in [0.05, 0.1) is 6.54 Å². The van der Waals surface area contributed by atoms with Crippen LogP contribution in [0.5, 0.6) is 0 Å². The van der Waals surface area contributed by atoms with Gasteiger partial charge in [-0.15, -0.1) is 0 Å². The van der Waals surface area contributed by atoms with Gasteiger partial charge in [0.25, 0.3) is 0 Å². The van der Waals surface area contributed by atoms with Crippen LogP contribution in [0.15, 0.2) is 18.2 Å². The molecule has 0 aliphatic rings. The molecule has 1 N–H and O–H groups in total. The van der Waals surface area contributed by atoms with E-state index in [9.17, 15) is 13.6 Å². The van der Waals surface area contributed by atoms with Gasteiger partial charge in [0.1, 0.15) is 11.6 Å². The van der Waals surface area contributed by atoms with Gasteiger partial charge in [-0.2, -0.15) is 0 Å². The lowest BCUT2D eigenvalue weighted by Gasteiger charge is -2.18. The van der Waals surface area contributed by atoms with Crippen molar-refractivity contribution in [2.75, 3.05) is 20.1 Å². The fourth-order valence-electron chi connectivity index (χ4n) is 1.49. The van der Waals surface area contributed by atoms with E-state index < -0.39 is 11.6 Å². The number of carbonyl (C=O) groups excluding carboxylic acids is 1. The first-order valence-electron chi connectivity index (χ1n) is 5.87. The van der Waals surface area contributed by atoms with Crippen molar-refractivity contribution in [3.63, 3.8) is 0 Å². The van der Waals surface area contributed by atoms with Crippen molar-refractivity contribution in [1.29, 1.82) is 0 Å². The Balaban J connectivity index is 2.60. The Bertz CT molecular complexity index is 403. The van der Waals surface area contributed by atoms with Gasteiger partial charge in [0.2, 0.25) is 5.91 Å². The molecule has 100 valence electrons. The predicted octanol–water partition coefficient (Wildman–Crippen LogP) is 2.09. The summed E-state index contributed by atoms with van der Waals surface area (Å²) in [7, 11) is 1.70. The molecule has 0 saturated carbocycles. The molecule has 0 radical (unpaired) electrons. The molecule has 1 atom stereocenters. The average Bonchev–Trinajstić information content (AvgIpc) is 2.33. The minimum atomic E-state index is -0.615. The maximum Gasteiger partial charge on any atom is 0.236 e. The summed E-state index contributed by atoms with van der Waals surface area (Å²) in [6.07, 6.45) is 0. The van der Waals surface area contributed by atoms with Gasteiger partial charge in [0.15, 0.2) is 0 Å².